The molecule has 8 nitrogen and oxygen atoms in total. The lowest BCUT2D eigenvalue weighted by molar-refractivity contribution is 0.0938. The van der Waals surface area contributed by atoms with Crippen molar-refractivity contribution >= 4 is 26.8 Å². The SMILES string of the molecule is COCCNC(=O)c1cc(=O)[nH]c2ccc(S(=O)(=O)N3CCCCC3)cc12. The zero-order valence-corrected chi connectivity index (χ0v) is 16.0. The average molecular weight is 393 g/mol. The van der Waals surface area contributed by atoms with Crippen LogP contribution in [-0.4, -0.2) is 57.0 Å². The van der Waals surface area contributed by atoms with E-state index in [1.807, 2.05) is 0 Å². The van der Waals surface area contributed by atoms with Crippen LogP contribution in [0.3, 0.4) is 0 Å². The highest BCUT2D eigenvalue weighted by atomic mass is 32.2. The molecule has 0 saturated carbocycles. The van der Waals surface area contributed by atoms with E-state index in [1.165, 1.54) is 35.7 Å². The van der Waals surface area contributed by atoms with E-state index < -0.39 is 21.5 Å². The van der Waals surface area contributed by atoms with Crippen molar-refractivity contribution in [3.63, 3.8) is 0 Å². The number of amides is 1. The van der Waals surface area contributed by atoms with Crippen LogP contribution in [-0.2, 0) is 14.8 Å². The van der Waals surface area contributed by atoms with E-state index in [4.69, 9.17) is 4.74 Å². The van der Waals surface area contributed by atoms with Crippen molar-refractivity contribution in [1.82, 2.24) is 14.6 Å². The molecule has 2 heterocycles. The van der Waals surface area contributed by atoms with E-state index in [0.29, 0.717) is 30.6 Å². The maximum absolute atomic E-state index is 12.9. The number of pyridine rings is 1. The van der Waals surface area contributed by atoms with Crippen molar-refractivity contribution in [3.8, 4) is 0 Å². The summed E-state index contributed by atoms with van der Waals surface area (Å²) in [5.41, 5.74) is 0.128. The molecule has 1 aromatic heterocycles. The van der Waals surface area contributed by atoms with E-state index in [0.717, 1.165) is 19.3 Å². The van der Waals surface area contributed by atoms with E-state index in [9.17, 15) is 18.0 Å². The molecular formula is C18H23N3O5S. The number of aromatic nitrogens is 1. The molecule has 3 rings (SSSR count). The summed E-state index contributed by atoms with van der Waals surface area (Å²) in [4.78, 5) is 27.1. The zero-order valence-electron chi connectivity index (χ0n) is 15.2. The van der Waals surface area contributed by atoms with Gasteiger partial charge in [-0.2, -0.15) is 4.31 Å². The Hall–Kier alpha value is -2.23. The maximum atomic E-state index is 12.9. The Balaban J connectivity index is 2.03. The van der Waals surface area contributed by atoms with Gasteiger partial charge in [-0.3, -0.25) is 9.59 Å². The molecule has 0 radical (unpaired) electrons. The van der Waals surface area contributed by atoms with Crippen molar-refractivity contribution in [2.24, 2.45) is 0 Å². The number of hydrogen-bond donors (Lipinski definition) is 2. The van der Waals surface area contributed by atoms with Crippen LogP contribution in [0.2, 0.25) is 0 Å². The first-order valence-corrected chi connectivity index (χ1v) is 10.3. The molecule has 1 amide bonds. The number of benzene rings is 1. The number of aromatic amines is 1. The number of nitrogens with one attached hydrogen (secondary N) is 2. The van der Waals surface area contributed by atoms with Crippen LogP contribution >= 0.6 is 0 Å². The van der Waals surface area contributed by atoms with Crippen LogP contribution < -0.4 is 10.9 Å². The molecule has 146 valence electrons. The van der Waals surface area contributed by atoms with Gasteiger partial charge in [-0.1, -0.05) is 6.42 Å². The number of ether oxygens (including phenoxy) is 1. The number of nitrogens with zero attached hydrogens (tertiary/aromatic N) is 1. The average Bonchev–Trinajstić information content (AvgIpc) is 2.67. The number of rotatable bonds is 6. The van der Waals surface area contributed by atoms with Gasteiger partial charge in [-0.25, -0.2) is 8.42 Å². The van der Waals surface area contributed by atoms with E-state index in [2.05, 4.69) is 10.3 Å². The predicted molar refractivity (Wildman–Crippen MR) is 101 cm³/mol. The van der Waals surface area contributed by atoms with Crippen LogP contribution in [0.1, 0.15) is 29.6 Å². The Morgan fingerprint density at radius 2 is 1.96 bits per heavy atom. The zero-order chi connectivity index (χ0) is 19.4. The van der Waals surface area contributed by atoms with Crippen LogP contribution in [0, 0.1) is 0 Å². The number of carbonyl (C=O) groups is 1. The van der Waals surface area contributed by atoms with Gasteiger partial charge < -0.3 is 15.0 Å². The first-order chi connectivity index (χ1) is 12.9. The first-order valence-electron chi connectivity index (χ1n) is 8.88. The molecular weight excluding hydrogens is 370 g/mol. The predicted octanol–water partition coefficient (Wildman–Crippen LogP) is 1.08. The molecule has 1 aliphatic heterocycles. The molecule has 27 heavy (non-hydrogen) atoms. The summed E-state index contributed by atoms with van der Waals surface area (Å²) in [6.45, 7) is 1.61. The molecule has 0 atom stereocenters. The van der Waals surface area contributed by atoms with Crippen LogP contribution in [0.5, 0.6) is 0 Å². The maximum Gasteiger partial charge on any atom is 0.252 e. The third-order valence-corrected chi connectivity index (χ3v) is 6.50. The minimum absolute atomic E-state index is 0.120. The van der Waals surface area contributed by atoms with Crippen molar-refractivity contribution in [2.75, 3.05) is 33.4 Å². The van der Waals surface area contributed by atoms with E-state index >= 15 is 0 Å². The Morgan fingerprint density at radius 3 is 2.67 bits per heavy atom. The summed E-state index contributed by atoms with van der Waals surface area (Å²) in [6, 6.07) is 5.64. The van der Waals surface area contributed by atoms with Gasteiger partial charge in [0.05, 0.1) is 17.1 Å². The minimum atomic E-state index is -3.64. The number of piperidine rings is 1. The Bertz CT molecular complexity index is 994. The van der Waals surface area contributed by atoms with Gasteiger partial charge in [-0.15, -0.1) is 0 Å². The lowest BCUT2D eigenvalue weighted by Crippen LogP contribution is -2.35. The standard InChI is InChI=1S/C18H23N3O5S/c1-26-10-7-19-18(23)15-12-17(22)20-16-6-5-13(11-14(15)16)27(24,25)21-8-3-2-4-9-21/h5-6,11-12H,2-4,7-10H2,1H3,(H,19,23)(H,20,22). The molecule has 9 heteroatoms. The summed E-state index contributed by atoms with van der Waals surface area (Å²) in [6.07, 6.45) is 2.71. The molecule has 1 saturated heterocycles. The highest BCUT2D eigenvalue weighted by Gasteiger charge is 2.26. The highest BCUT2D eigenvalue weighted by molar-refractivity contribution is 7.89. The van der Waals surface area contributed by atoms with Crippen LogP contribution in [0.15, 0.2) is 34.0 Å². The van der Waals surface area contributed by atoms with E-state index in [1.54, 1.807) is 0 Å². The molecule has 2 N–H and O–H groups in total. The first kappa shape index (κ1) is 19.5. The number of sulfonamides is 1. The summed E-state index contributed by atoms with van der Waals surface area (Å²) in [5, 5.41) is 3.06. The fourth-order valence-electron chi connectivity index (χ4n) is 3.20. The molecule has 0 aliphatic carbocycles. The molecule has 1 aromatic carbocycles. The van der Waals surface area contributed by atoms with Crippen molar-refractivity contribution in [2.45, 2.75) is 24.2 Å². The highest BCUT2D eigenvalue weighted by Crippen LogP contribution is 2.24. The summed E-state index contributed by atoms with van der Waals surface area (Å²) < 4.78 is 32.2. The summed E-state index contributed by atoms with van der Waals surface area (Å²) >= 11 is 0. The molecule has 0 spiro atoms. The minimum Gasteiger partial charge on any atom is -0.383 e. The summed E-state index contributed by atoms with van der Waals surface area (Å²) in [7, 11) is -2.12. The fraction of sp³-hybridized carbons (Fsp3) is 0.444. The van der Waals surface area contributed by atoms with Gasteiger partial charge in [0.2, 0.25) is 15.6 Å². The molecule has 1 aliphatic rings. The molecule has 2 aromatic rings. The normalized spacial score (nSPS) is 15.7. The van der Waals surface area contributed by atoms with Gasteiger partial charge in [0, 0.05) is 43.7 Å². The topological polar surface area (TPSA) is 109 Å². The molecule has 0 bridgehead atoms. The second-order valence-corrected chi connectivity index (χ2v) is 8.41. The fourth-order valence-corrected chi connectivity index (χ4v) is 4.74. The monoisotopic (exact) mass is 393 g/mol. The number of methoxy groups -OCH3 is 1. The van der Waals surface area contributed by atoms with E-state index in [-0.39, 0.29) is 17.0 Å². The Labute approximate surface area is 157 Å². The van der Waals surface area contributed by atoms with Crippen molar-refractivity contribution < 1.29 is 17.9 Å². The number of carbonyl (C=O) groups excluding carboxylic acids is 1. The number of H-pyrrole nitrogens is 1. The lowest BCUT2D eigenvalue weighted by Gasteiger charge is -2.26. The van der Waals surface area contributed by atoms with Gasteiger partial charge >= 0.3 is 0 Å². The lowest BCUT2D eigenvalue weighted by atomic mass is 10.1. The second kappa shape index (κ2) is 8.20. The van der Waals surface area contributed by atoms with Gasteiger partial charge in [0.15, 0.2) is 0 Å². The Morgan fingerprint density at radius 1 is 1.22 bits per heavy atom. The number of hydrogen-bond acceptors (Lipinski definition) is 5. The number of fused-ring (bicyclic) bond motifs is 1. The van der Waals surface area contributed by atoms with Gasteiger partial charge in [-0.05, 0) is 31.0 Å². The van der Waals surface area contributed by atoms with Gasteiger partial charge in [0.1, 0.15) is 0 Å². The smallest absolute Gasteiger partial charge is 0.252 e. The molecule has 1 fully saturated rings. The summed E-state index contributed by atoms with van der Waals surface area (Å²) in [5.74, 6) is -0.448. The molecule has 0 unspecified atom stereocenters. The van der Waals surface area contributed by atoms with Crippen LogP contribution in [0.4, 0.5) is 0 Å². The third kappa shape index (κ3) is 4.20. The van der Waals surface area contributed by atoms with Gasteiger partial charge in [0.25, 0.3) is 5.91 Å². The van der Waals surface area contributed by atoms with Crippen LogP contribution in [0.25, 0.3) is 10.9 Å². The van der Waals surface area contributed by atoms with Crippen molar-refractivity contribution in [3.05, 3.63) is 40.2 Å². The van der Waals surface area contributed by atoms with Crippen molar-refractivity contribution in [1.29, 1.82) is 0 Å². The quantitative estimate of drug-likeness (QED) is 0.714. The largest absolute Gasteiger partial charge is 0.383 e. The third-order valence-electron chi connectivity index (χ3n) is 4.60. The second-order valence-electron chi connectivity index (χ2n) is 6.47. The Kier molecular flexibility index (Phi) is 5.93.